The van der Waals surface area contributed by atoms with Gasteiger partial charge in [0.25, 0.3) is 5.91 Å². The van der Waals surface area contributed by atoms with E-state index < -0.39 is 0 Å². The Labute approximate surface area is 118 Å². The number of anilines is 2. The SMILES string of the molecule is COc1ccc(C(=O)Nc2ccc(N(C)C)cc2)cn1. The van der Waals surface area contributed by atoms with E-state index in [1.54, 1.807) is 12.1 Å². The molecular formula is C15H17N3O2. The minimum Gasteiger partial charge on any atom is -0.481 e. The number of carbonyl (C=O) groups excluding carboxylic acids is 1. The third kappa shape index (κ3) is 3.26. The number of aromatic nitrogens is 1. The highest BCUT2D eigenvalue weighted by Crippen LogP contribution is 2.16. The summed E-state index contributed by atoms with van der Waals surface area (Å²) in [5.41, 5.74) is 2.31. The lowest BCUT2D eigenvalue weighted by molar-refractivity contribution is 0.102. The molecule has 0 atom stereocenters. The lowest BCUT2D eigenvalue weighted by Gasteiger charge is -2.13. The first-order chi connectivity index (χ1) is 9.60. The summed E-state index contributed by atoms with van der Waals surface area (Å²) in [5.74, 6) is 0.287. The number of pyridine rings is 1. The molecule has 1 amide bonds. The van der Waals surface area contributed by atoms with Crippen molar-refractivity contribution in [2.24, 2.45) is 0 Å². The zero-order chi connectivity index (χ0) is 14.5. The van der Waals surface area contributed by atoms with Crippen LogP contribution in [-0.4, -0.2) is 32.1 Å². The first-order valence-corrected chi connectivity index (χ1v) is 6.19. The smallest absolute Gasteiger partial charge is 0.257 e. The van der Waals surface area contributed by atoms with Crippen molar-refractivity contribution in [2.75, 3.05) is 31.4 Å². The monoisotopic (exact) mass is 271 g/mol. The Morgan fingerprint density at radius 1 is 1.15 bits per heavy atom. The molecule has 0 saturated heterocycles. The van der Waals surface area contributed by atoms with Crippen LogP contribution in [0.1, 0.15) is 10.4 Å². The van der Waals surface area contributed by atoms with Crippen molar-refractivity contribution in [2.45, 2.75) is 0 Å². The first kappa shape index (κ1) is 13.9. The maximum Gasteiger partial charge on any atom is 0.257 e. The van der Waals surface area contributed by atoms with Gasteiger partial charge in [-0.2, -0.15) is 0 Å². The normalized spacial score (nSPS) is 9.95. The summed E-state index contributed by atoms with van der Waals surface area (Å²) < 4.78 is 4.96. The Balaban J connectivity index is 2.06. The van der Waals surface area contributed by atoms with Crippen LogP contribution in [0.4, 0.5) is 11.4 Å². The zero-order valence-electron chi connectivity index (χ0n) is 11.8. The quantitative estimate of drug-likeness (QED) is 0.927. The molecule has 1 aromatic carbocycles. The fraction of sp³-hybridized carbons (Fsp3) is 0.200. The Hall–Kier alpha value is -2.56. The Morgan fingerprint density at radius 3 is 2.35 bits per heavy atom. The number of ether oxygens (including phenoxy) is 1. The van der Waals surface area contributed by atoms with Gasteiger partial charge in [0.15, 0.2) is 0 Å². The summed E-state index contributed by atoms with van der Waals surface area (Å²) in [5, 5.41) is 2.82. The number of rotatable bonds is 4. The van der Waals surface area contributed by atoms with Crippen LogP contribution >= 0.6 is 0 Å². The predicted octanol–water partition coefficient (Wildman–Crippen LogP) is 2.41. The van der Waals surface area contributed by atoms with E-state index in [0.717, 1.165) is 11.4 Å². The van der Waals surface area contributed by atoms with Crippen LogP contribution < -0.4 is 15.0 Å². The molecule has 5 heteroatoms. The number of carbonyl (C=O) groups is 1. The predicted molar refractivity (Wildman–Crippen MR) is 79.5 cm³/mol. The van der Waals surface area contributed by atoms with E-state index in [1.165, 1.54) is 13.3 Å². The molecule has 0 fully saturated rings. The molecule has 0 aliphatic rings. The van der Waals surface area contributed by atoms with Gasteiger partial charge in [-0.05, 0) is 30.3 Å². The topological polar surface area (TPSA) is 54.5 Å². The average Bonchev–Trinajstić information content (AvgIpc) is 2.48. The van der Waals surface area contributed by atoms with Crippen molar-refractivity contribution in [3.63, 3.8) is 0 Å². The molecule has 5 nitrogen and oxygen atoms in total. The van der Waals surface area contributed by atoms with E-state index in [-0.39, 0.29) is 5.91 Å². The van der Waals surface area contributed by atoms with E-state index in [9.17, 15) is 4.79 Å². The van der Waals surface area contributed by atoms with Gasteiger partial charge < -0.3 is 15.0 Å². The fourth-order valence-electron chi connectivity index (χ4n) is 1.68. The summed E-state index contributed by atoms with van der Waals surface area (Å²) in [6.45, 7) is 0. The van der Waals surface area contributed by atoms with E-state index in [0.29, 0.717) is 11.4 Å². The summed E-state index contributed by atoms with van der Waals surface area (Å²) in [6.07, 6.45) is 1.49. The number of hydrogen-bond donors (Lipinski definition) is 1. The van der Waals surface area contributed by atoms with Crippen LogP contribution in [0.5, 0.6) is 5.88 Å². The highest BCUT2D eigenvalue weighted by molar-refractivity contribution is 6.04. The molecule has 0 saturated carbocycles. The van der Waals surface area contributed by atoms with Crippen molar-refractivity contribution < 1.29 is 9.53 Å². The summed E-state index contributed by atoms with van der Waals surface area (Å²) in [6, 6.07) is 11.0. The van der Waals surface area contributed by atoms with Crippen LogP contribution in [-0.2, 0) is 0 Å². The summed E-state index contributed by atoms with van der Waals surface area (Å²) >= 11 is 0. The van der Waals surface area contributed by atoms with Gasteiger partial charge in [-0.15, -0.1) is 0 Å². The van der Waals surface area contributed by atoms with Crippen molar-refractivity contribution >= 4 is 17.3 Å². The van der Waals surface area contributed by atoms with Gasteiger partial charge in [0.2, 0.25) is 5.88 Å². The van der Waals surface area contributed by atoms with E-state index in [1.807, 2.05) is 43.3 Å². The van der Waals surface area contributed by atoms with Gasteiger partial charge in [0.05, 0.1) is 12.7 Å². The molecule has 1 aromatic heterocycles. The Kier molecular flexibility index (Phi) is 4.20. The van der Waals surface area contributed by atoms with Gasteiger partial charge in [-0.1, -0.05) is 0 Å². The van der Waals surface area contributed by atoms with Gasteiger partial charge >= 0.3 is 0 Å². The second-order valence-electron chi connectivity index (χ2n) is 4.48. The van der Waals surface area contributed by atoms with Gasteiger partial charge in [-0.3, -0.25) is 4.79 Å². The lowest BCUT2D eigenvalue weighted by atomic mass is 10.2. The third-order valence-electron chi connectivity index (χ3n) is 2.85. The molecule has 0 spiro atoms. The highest BCUT2D eigenvalue weighted by Gasteiger charge is 2.07. The largest absolute Gasteiger partial charge is 0.481 e. The van der Waals surface area contributed by atoms with Gasteiger partial charge in [-0.25, -0.2) is 4.98 Å². The minimum absolute atomic E-state index is 0.197. The van der Waals surface area contributed by atoms with Crippen LogP contribution in [0.3, 0.4) is 0 Å². The molecule has 2 aromatic rings. The zero-order valence-corrected chi connectivity index (χ0v) is 11.8. The number of methoxy groups -OCH3 is 1. The molecule has 2 rings (SSSR count). The second-order valence-corrected chi connectivity index (χ2v) is 4.48. The Morgan fingerprint density at radius 2 is 1.85 bits per heavy atom. The molecular weight excluding hydrogens is 254 g/mol. The molecule has 0 bridgehead atoms. The molecule has 1 heterocycles. The number of amides is 1. The van der Waals surface area contributed by atoms with Crippen molar-refractivity contribution in [1.82, 2.24) is 4.98 Å². The van der Waals surface area contributed by atoms with Crippen LogP contribution in [0.15, 0.2) is 42.6 Å². The van der Waals surface area contributed by atoms with E-state index in [2.05, 4.69) is 10.3 Å². The molecule has 20 heavy (non-hydrogen) atoms. The van der Waals surface area contributed by atoms with Crippen molar-refractivity contribution in [3.8, 4) is 5.88 Å². The van der Waals surface area contributed by atoms with Gasteiger partial charge in [0.1, 0.15) is 0 Å². The van der Waals surface area contributed by atoms with E-state index >= 15 is 0 Å². The van der Waals surface area contributed by atoms with Crippen LogP contribution in [0, 0.1) is 0 Å². The van der Waals surface area contributed by atoms with E-state index in [4.69, 9.17) is 4.74 Å². The Bertz CT molecular complexity index is 577. The minimum atomic E-state index is -0.197. The standard InChI is InChI=1S/C15H17N3O2/c1-18(2)13-7-5-12(6-8-13)17-15(19)11-4-9-14(20-3)16-10-11/h4-10H,1-3H3,(H,17,19). The fourth-order valence-corrected chi connectivity index (χ4v) is 1.68. The summed E-state index contributed by atoms with van der Waals surface area (Å²) in [4.78, 5) is 18.0. The van der Waals surface area contributed by atoms with Crippen LogP contribution in [0.2, 0.25) is 0 Å². The number of nitrogens with one attached hydrogen (secondary N) is 1. The van der Waals surface area contributed by atoms with Crippen molar-refractivity contribution in [1.29, 1.82) is 0 Å². The number of hydrogen-bond acceptors (Lipinski definition) is 4. The molecule has 1 N–H and O–H groups in total. The van der Waals surface area contributed by atoms with Crippen LogP contribution in [0.25, 0.3) is 0 Å². The molecule has 0 radical (unpaired) electrons. The van der Waals surface area contributed by atoms with Crippen molar-refractivity contribution in [3.05, 3.63) is 48.2 Å². The highest BCUT2D eigenvalue weighted by atomic mass is 16.5. The number of nitrogens with zero attached hydrogens (tertiary/aromatic N) is 2. The third-order valence-corrected chi connectivity index (χ3v) is 2.85. The number of benzene rings is 1. The summed E-state index contributed by atoms with van der Waals surface area (Å²) in [7, 11) is 5.47. The molecule has 0 aliphatic heterocycles. The first-order valence-electron chi connectivity index (χ1n) is 6.19. The lowest BCUT2D eigenvalue weighted by Crippen LogP contribution is -2.13. The average molecular weight is 271 g/mol. The second kappa shape index (κ2) is 6.06. The van der Waals surface area contributed by atoms with Gasteiger partial charge in [0, 0.05) is 37.7 Å². The maximum atomic E-state index is 12.0. The molecule has 0 unspecified atom stereocenters. The molecule has 104 valence electrons. The molecule has 0 aliphatic carbocycles. The maximum absolute atomic E-state index is 12.0.